The fourth-order valence-electron chi connectivity index (χ4n) is 1.39. The summed E-state index contributed by atoms with van der Waals surface area (Å²) in [5.41, 5.74) is 0. The Morgan fingerprint density at radius 2 is 2.22 bits per heavy atom. The van der Waals surface area contributed by atoms with Gasteiger partial charge in [0.05, 0.1) is 12.7 Å². The molecule has 0 amide bonds. The fraction of sp³-hybridized carbons (Fsp3) is 0.200. The van der Waals surface area contributed by atoms with Crippen molar-refractivity contribution in [2.24, 2.45) is 0 Å². The first-order valence-electron chi connectivity index (χ1n) is 5.05. The van der Waals surface area contributed by atoms with Crippen LogP contribution >= 0.6 is 0 Å². The lowest BCUT2D eigenvalue weighted by atomic mass is 10.5. The van der Waals surface area contributed by atoms with E-state index < -0.39 is 15.8 Å². The van der Waals surface area contributed by atoms with Gasteiger partial charge in [0.15, 0.2) is 0 Å². The van der Waals surface area contributed by atoms with Crippen LogP contribution in [0.15, 0.2) is 35.7 Å². The molecule has 0 aliphatic heterocycles. The third-order valence-electron chi connectivity index (χ3n) is 2.32. The molecule has 1 N–H and O–H groups in total. The molecule has 2 rings (SSSR count). The Balaban J connectivity index is 2.25. The summed E-state index contributed by atoms with van der Waals surface area (Å²) in [7, 11) is -2.38. The summed E-state index contributed by atoms with van der Waals surface area (Å²) in [5.74, 6) is -0.187. The van der Waals surface area contributed by atoms with Crippen molar-refractivity contribution in [3.8, 4) is 0 Å². The van der Waals surface area contributed by atoms with E-state index in [-0.39, 0.29) is 11.4 Å². The first-order valence-corrected chi connectivity index (χ1v) is 6.49. The summed E-state index contributed by atoms with van der Waals surface area (Å²) >= 11 is 0. The molecule has 0 radical (unpaired) electrons. The number of aromatic nitrogens is 3. The number of pyridine rings is 1. The SMILES string of the molecule is CN(Cc1ncc[nH]1)S(=O)(=O)c1cncc(F)c1. The topological polar surface area (TPSA) is 79.0 Å². The number of nitrogens with one attached hydrogen (secondary N) is 1. The molecule has 0 spiro atoms. The lowest BCUT2D eigenvalue weighted by Gasteiger charge is -2.15. The number of sulfonamides is 1. The molecule has 0 fully saturated rings. The highest BCUT2D eigenvalue weighted by molar-refractivity contribution is 7.89. The van der Waals surface area contributed by atoms with E-state index in [1.54, 1.807) is 6.20 Å². The lowest BCUT2D eigenvalue weighted by Crippen LogP contribution is -2.27. The molecule has 0 bridgehead atoms. The van der Waals surface area contributed by atoms with E-state index in [1.165, 1.54) is 13.2 Å². The minimum Gasteiger partial charge on any atom is -0.347 e. The molecule has 0 aliphatic rings. The number of aromatic amines is 1. The van der Waals surface area contributed by atoms with E-state index in [1.807, 2.05) is 0 Å². The first-order chi connectivity index (χ1) is 8.50. The van der Waals surface area contributed by atoms with Gasteiger partial charge in [0.2, 0.25) is 10.0 Å². The lowest BCUT2D eigenvalue weighted by molar-refractivity contribution is 0.457. The molecule has 0 saturated carbocycles. The predicted molar refractivity (Wildman–Crippen MR) is 61.4 cm³/mol. The number of hydrogen-bond acceptors (Lipinski definition) is 4. The number of nitrogens with zero attached hydrogens (tertiary/aromatic N) is 3. The summed E-state index contributed by atoms with van der Waals surface area (Å²) in [6, 6.07) is 0.932. The van der Waals surface area contributed by atoms with E-state index in [2.05, 4.69) is 15.0 Å². The van der Waals surface area contributed by atoms with Crippen molar-refractivity contribution in [3.63, 3.8) is 0 Å². The Bertz CT molecular complexity index is 627. The van der Waals surface area contributed by atoms with E-state index >= 15 is 0 Å². The molecule has 0 aliphatic carbocycles. The molecule has 2 aromatic heterocycles. The van der Waals surface area contributed by atoms with E-state index in [0.29, 0.717) is 5.82 Å². The monoisotopic (exact) mass is 270 g/mol. The molecule has 0 saturated heterocycles. The minimum absolute atomic E-state index is 0.0752. The van der Waals surface area contributed by atoms with Gasteiger partial charge in [0.25, 0.3) is 0 Å². The molecule has 2 aromatic rings. The minimum atomic E-state index is -3.77. The van der Waals surface area contributed by atoms with Crippen molar-refractivity contribution in [1.82, 2.24) is 19.3 Å². The largest absolute Gasteiger partial charge is 0.347 e. The summed E-state index contributed by atoms with van der Waals surface area (Å²) in [4.78, 5) is 10.1. The first kappa shape index (κ1) is 12.7. The van der Waals surface area contributed by atoms with Gasteiger partial charge in [-0.15, -0.1) is 0 Å². The van der Waals surface area contributed by atoms with Crippen LogP contribution in [-0.2, 0) is 16.6 Å². The van der Waals surface area contributed by atoms with Gasteiger partial charge in [-0.3, -0.25) is 4.98 Å². The average molecular weight is 270 g/mol. The molecular formula is C10H11FN4O2S. The molecule has 0 atom stereocenters. The maximum Gasteiger partial charge on any atom is 0.244 e. The standard InChI is InChI=1S/C10H11FN4O2S/c1-15(7-10-13-2-3-14-10)18(16,17)9-4-8(11)5-12-6-9/h2-6H,7H2,1H3,(H,13,14). The Labute approximate surface area is 104 Å². The fourth-order valence-corrected chi connectivity index (χ4v) is 2.50. The van der Waals surface area contributed by atoms with E-state index in [9.17, 15) is 12.8 Å². The van der Waals surface area contributed by atoms with Gasteiger partial charge in [0.1, 0.15) is 16.5 Å². The second kappa shape index (κ2) is 4.83. The summed E-state index contributed by atoms with van der Waals surface area (Å²) < 4.78 is 38.2. The molecule has 18 heavy (non-hydrogen) atoms. The van der Waals surface area contributed by atoms with Gasteiger partial charge in [-0.25, -0.2) is 17.8 Å². The zero-order chi connectivity index (χ0) is 13.2. The summed E-state index contributed by atoms with van der Waals surface area (Å²) in [6.45, 7) is 0.0752. The number of H-pyrrole nitrogens is 1. The van der Waals surface area contributed by atoms with Crippen molar-refractivity contribution in [2.45, 2.75) is 11.4 Å². The van der Waals surface area contributed by atoms with Crippen molar-refractivity contribution in [2.75, 3.05) is 7.05 Å². The molecule has 8 heteroatoms. The third-order valence-corrected chi connectivity index (χ3v) is 4.08. The Hall–Kier alpha value is -1.80. The maximum absolute atomic E-state index is 13.0. The van der Waals surface area contributed by atoms with Gasteiger partial charge in [-0.2, -0.15) is 4.31 Å². The Morgan fingerprint density at radius 3 is 2.83 bits per heavy atom. The normalized spacial score (nSPS) is 11.9. The zero-order valence-corrected chi connectivity index (χ0v) is 10.4. The van der Waals surface area contributed by atoms with Crippen LogP contribution in [0.4, 0.5) is 4.39 Å². The highest BCUT2D eigenvalue weighted by Crippen LogP contribution is 2.15. The summed E-state index contributed by atoms with van der Waals surface area (Å²) in [5, 5.41) is 0. The second-order valence-electron chi connectivity index (χ2n) is 3.64. The Morgan fingerprint density at radius 1 is 1.44 bits per heavy atom. The van der Waals surface area contributed by atoms with Crippen LogP contribution in [-0.4, -0.2) is 34.7 Å². The van der Waals surface area contributed by atoms with Crippen LogP contribution in [0.2, 0.25) is 0 Å². The van der Waals surface area contributed by atoms with Crippen molar-refractivity contribution >= 4 is 10.0 Å². The van der Waals surface area contributed by atoms with Gasteiger partial charge < -0.3 is 4.98 Å². The predicted octanol–water partition coefficient (Wildman–Crippen LogP) is 0.764. The van der Waals surface area contributed by atoms with E-state index in [4.69, 9.17) is 0 Å². The van der Waals surface area contributed by atoms with E-state index in [0.717, 1.165) is 22.8 Å². The van der Waals surface area contributed by atoms with Gasteiger partial charge in [-0.05, 0) is 6.07 Å². The highest BCUT2D eigenvalue weighted by Gasteiger charge is 2.22. The smallest absolute Gasteiger partial charge is 0.244 e. The van der Waals surface area contributed by atoms with Gasteiger partial charge in [0, 0.05) is 25.6 Å². The third kappa shape index (κ3) is 2.54. The molecule has 96 valence electrons. The van der Waals surface area contributed by atoms with Crippen molar-refractivity contribution in [1.29, 1.82) is 0 Å². The van der Waals surface area contributed by atoms with Crippen LogP contribution in [0.3, 0.4) is 0 Å². The van der Waals surface area contributed by atoms with Crippen LogP contribution in [0.1, 0.15) is 5.82 Å². The van der Waals surface area contributed by atoms with Crippen LogP contribution in [0.25, 0.3) is 0 Å². The quantitative estimate of drug-likeness (QED) is 0.889. The maximum atomic E-state index is 13.0. The van der Waals surface area contributed by atoms with Gasteiger partial charge >= 0.3 is 0 Å². The second-order valence-corrected chi connectivity index (χ2v) is 5.68. The summed E-state index contributed by atoms with van der Waals surface area (Å²) in [6.07, 6.45) is 5.18. The van der Waals surface area contributed by atoms with Crippen molar-refractivity contribution < 1.29 is 12.8 Å². The number of imidazole rings is 1. The van der Waals surface area contributed by atoms with Crippen LogP contribution in [0.5, 0.6) is 0 Å². The molecule has 6 nitrogen and oxygen atoms in total. The van der Waals surface area contributed by atoms with Crippen LogP contribution < -0.4 is 0 Å². The zero-order valence-electron chi connectivity index (χ0n) is 9.54. The average Bonchev–Trinajstić information content (AvgIpc) is 2.81. The molecule has 0 unspecified atom stereocenters. The Kier molecular flexibility index (Phi) is 3.39. The number of halogens is 1. The highest BCUT2D eigenvalue weighted by atomic mass is 32.2. The molecular weight excluding hydrogens is 259 g/mol. The number of rotatable bonds is 4. The molecule has 2 heterocycles. The number of hydrogen-bond donors (Lipinski definition) is 1. The van der Waals surface area contributed by atoms with Gasteiger partial charge in [-0.1, -0.05) is 0 Å². The molecule has 0 aromatic carbocycles. The van der Waals surface area contributed by atoms with Crippen LogP contribution in [0, 0.1) is 5.82 Å². The van der Waals surface area contributed by atoms with Crippen molar-refractivity contribution in [3.05, 3.63) is 42.5 Å².